The summed E-state index contributed by atoms with van der Waals surface area (Å²) in [5.74, 6) is 2.22. The van der Waals surface area contributed by atoms with Gasteiger partial charge >= 0.3 is 0 Å². The molecule has 0 unspecified atom stereocenters. The molecule has 0 saturated carbocycles. The van der Waals surface area contributed by atoms with E-state index >= 15 is 0 Å². The molecule has 2 aromatic carbocycles. The van der Waals surface area contributed by atoms with Gasteiger partial charge in [-0.15, -0.1) is 11.3 Å². The van der Waals surface area contributed by atoms with E-state index in [9.17, 15) is 5.11 Å². The van der Waals surface area contributed by atoms with Crippen molar-refractivity contribution in [1.29, 1.82) is 0 Å². The highest BCUT2D eigenvalue weighted by Gasteiger charge is 2.31. The quantitative estimate of drug-likeness (QED) is 0.528. The van der Waals surface area contributed by atoms with Crippen LogP contribution in [-0.4, -0.2) is 35.8 Å². The number of ether oxygens (including phenoxy) is 2. The van der Waals surface area contributed by atoms with Crippen LogP contribution in [0.2, 0.25) is 0 Å². The number of anilines is 1. The number of hydrogen-bond donors (Lipinski definition) is 1. The molecule has 0 saturated heterocycles. The number of β-amino-alcohol motifs (C(OH)–C–C–N with tert-alkyl or cyclic N) is 1. The number of rotatable bonds is 4. The first-order valence-corrected chi connectivity index (χ1v) is 10.5. The second-order valence-electron chi connectivity index (χ2n) is 7.15. The zero-order chi connectivity index (χ0) is 20.7. The Labute approximate surface area is 178 Å². The van der Waals surface area contributed by atoms with Crippen molar-refractivity contribution >= 4 is 27.4 Å². The van der Waals surface area contributed by atoms with Crippen molar-refractivity contribution in [2.45, 2.75) is 12.6 Å². The molecule has 0 bridgehead atoms. The Morgan fingerprint density at radius 1 is 1.03 bits per heavy atom. The third-order valence-corrected chi connectivity index (χ3v) is 6.55. The molecule has 152 valence electrons. The lowest BCUT2D eigenvalue weighted by molar-refractivity contribution is 0.169. The number of fused-ring (bicyclic) bond motifs is 2. The van der Waals surface area contributed by atoms with E-state index in [1.807, 2.05) is 30.3 Å². The van der Waals surface area contributed by atoms with E-state index in [2.05, 4.69) is 33.1 Å². The molecule has 5 rings (SSSR count). The molecule has 4 aromatic rings. The topological polar surface area (TPSA) is 67.7 Å². The first-order valence-electron chi connectivity index (χ1n) is 9.66. The number of aliphatic hydroxyl groups is 1. The molecular weight excluding hydrogens is 398 g/mol. The van der Waals surface area contributed by atoms with Gasteiger partial charge in [-0.2, -0.15) is 0 Å². The van der Waals surface area contributed by atoms with Gasteiger partial charge in [0.1, 0.15) is 34.6 Å². The molecule has 1 aliphatic rings. The van der Waals surface area contributed by atoms with Crippen molar-refractivity contribution in [3.05, 3.63) is 66.0 Å². The maximum absolute atomic E-state index is 11.0. The molecule has 2 aromatic heterocycles. The lowest BCUT2D eigenvalue weighted by Gasteiger charge is -2.34. The summed E-state index contributed by atoms with van der Waals surface area (Å²) in [6, 6.07) is 16.1. The second kappa shape index (κ2) is 7.59. The fourth-order valence-corrected chi connectivity index (χ4v) is 5.08. The second-order valence-corrected chi connectivity index (χ2v) is 8.18. The van der Waals surface area contributed by atoms with E-state index in [4.69, 9.17) is 9.47 Å². The van der Waals surface area contributed by atoms with Gasteiger partial charge in [0, 0.05) is 22.5 Å². The van der Waals surface area contributed by atoms with Crippen LogP contribution in [0.3, 0.4) is 0 Å². The predicted molar refractivity (Wildman–Crippen MR) is 118 cm³/mol. The van der Waals surface area contributed by atoms with Gasteiger partial charge in [-0.05, 0) is 23.8 Å². The van der Waals surface area contributed by atoms with Gasteiger partial charge in [-0.1, -0.05) is 30.3 Å². The first kappa shape index (κ1) is 18.8. The molecule has 1 atom stereocenters. The van der Waals surface area contributed by atoms with Crippen LogP contribution in [0.4, 0.5) is 5.82 Å². The number of nitrogens with zero attached hydrogens (tertiary/aromatic N) is 3. The Morgan fingerprint density at radius 2 is 1.80 bits per heavy atom. The normalized spacial score (nSPS) is 15.8. The third kappa shape index (κ3) is 3.07. The minimum atomic E-state index is -0.712. The summed E-state index contributed by atoms with van der Waals surface area (Å²) in [5.41, 5.74) is 2.86. The van der Waals surface area contributed by atoms with Gasteiger partial charge in [0.2, 0.25) is 0 Å². The van der Waals surface area contributed by atoms with E-state index in [1.54, 1.807) is 31.9 Å². The summed E-state index contributed by atoms with van der Waals surface area (Å²) >= 11 is 1.64. The van der Waals surface area contributed by atoms with Gasteiger partial charge in [0.15, 0.2) is 0 Å². The molecule has 0 fully saturated rings. The van der Waals surface area contributed by atoms with Crippen LogP contribution < -0.4 is 14.4 Å². The van der Waals surface area contributed by atoms with Crippen LogP contribution in [0, 0.1) is 0 Å². The lowest BCUT2D eigenvalue weighted by atomic mass is 9.95. The van der Waals surface area contributed by atoms with Crippen molar-refractivity contribution in [3.8, 4) is 21.9 Å². The van der Waals surface area contributed by atoms with Gasteiger partial charge in [-0.3, -0.25) is 0 Å². The monoisotopic (exact) mass is 419 g/mol. The molecule has 30 heavy (non-hydrogen) atoms. The highest BCUT2D eigenvalue weighted by Crippen LogP contribution is 2.42. The van der Waals surface area contributed by atoms with Crippen molar-refractivity contribution in [1.82, 2.24) is 9.97 Å². The summed E-state index contributed by atoms with van der Waals surface area (Å²) in [5, 5.41) is 11.9. The average molecular weight is 420 g/mol. The number of aliphatic hydroxyl groups excluding tert-OH is 1. The average Bonchev–Trinajstić information content (AvgIpc) is 3.23. The highest BCUT2D eigenvalue weighted by atomic mass is 32.1. The largest absolute Gasteiger partial charge is 0.496 e. The zero-order valence-electron chi connectivity index (χ0n) is 16.7. The van der Waals surface area contributed by atoms with Crippen LogP contribution in [0.25, 0.3) is 20.7 Å². The van der Waals surface area contributed by atoms with E-state index < -0.39 is 6.10 Å². The molecule has 1 N–H and O–H groups in total. The third-order valence-electron chi connectivity index (χ3n) is 5.46. The van der Waals surface area contributed by atoms with Crippen LogP contribution in [0.1, 0.15) is 17.2 Å². The SMILES string of the molecule is COc1ccc(OC)c2c1CN(c1ncnc3sc(-c4ccccc4)cc13)C[C@@H]2O. The summed E-state index contributed by atoms with van der Waals surface area (Å²) in [7, 11) is 3.26. The zero-order valence-corrected chi connectivity index (χ0v) is 17.5. The number of aromatic nitrogens is 2. The van der Waals surface area contributed by atoms with E-state index in [1.165, 1.54) is 0 Å². The highest BCUT2D eigenvalue weighted by molar-refractivity contribution is 7.21. The fraction of sp³-hybridized carbons (Fsp3) is 0.217. The van der Waals surface area contributed by atoms with Gasteiger partial charge in [0.05, 0.1) is 26.2 Å². The molecule has 1 aliphatic heterocycles. The molecule has 3 heterocycles. The summed E-state index contributed by atoms with van der Waals surface area (Å²) in [6.07, 6.45) is 0.879. The lowest BCUT2D eigenvalue weighted by Crippen LogP contribution is -2.34. The summed E-state index contributed by atoms with van der Waals surface area (Å²) < 4.78 is 11.1. The maximum Gasteiger partial charge on any atom is 0.141 e. The minimum Gasteiger partial charge on any atom is -0.496 e. The van der Waals surface area contributed by atoms with Crippen molar-refractivity contribution < 1.29 is 14.6 Å². The van der Waals surface area contributed by atoms with Gasteiger partial charge in [-0.25, -0.2) is 9.97 Å². The standard InChI is InChI=1S/C23H21N3O3S/c1-28-18-8-9-19(29-2)21-16(18)11-26(12-17(21)27)22-15-10-20(14-6-4-3-5-7-14)30-23(15)25-13-24-22/h3-10,13,17,27H,11-12H2,1-2H3/t17-/m0/s1. The number of thiophene rings is 1. The Morgan fingerprint density at radius 3 is 2.57 bits per heavy atom. The Hall–Kier alpha value is -3.16. The molecule has 0 amide bonds. The van der Waals surface area contributed by atoms with E-state index in [0.717, 1.165) is 43.4 Å². The Kier molecular flexibility index (Phi) is 4.77. The smallest absolute Gasteiger partial charge is 0.141 e. The molecular formula is C23H21N3O3S. The number of hydrogen-bond acceptors (Lipinski definition) is 7. The van der Waals surface area contributed by atoms with E-state index in [-0.39, 0.29) is 0 Å². The van der Waals surface area contributed by atoms with Crippen LogP contribution >= 0.6 is 11.3 Å². The molecule has 0 spiro atoms. The van der Waals surface area contributed by atoms with Crippen LogP contribution in [0.15, 0.2) is 54.9 Å². The number of benzene rings is 2. The fourth-order valence-electron chi connectivity index (χ4n) is 4.08. The van der Waals surface area contributed by atoms with Crippen molar-refractivity contribution in [2.24, 2.45) is 0 Å². The van der Waals surface area contributed by atoms with Gasteiger partial charge in [0.25, 0.3) is 0 Å². The number of methoxy groups -OCH3 is 2. The Bertz CT molecular complexity index is 1210. The molecule has 7 heteroatoms. The molecule has 6 nitrogen and oxygen atoms in total. The Balaban J connectivity index is 1.60. The van der Waals surface area contributed by atoms with Crippen LogP contribution in [0.5, 0.6) is 11.5 Å². The van der Waals surface area contributed by atoms with Crippen molar-refractivity contribution in [2.75, 3.05) is 25.7 Å². The molecule has 0 aliphatic carbocycles. The first-order chi connectivity index (χ1) is 14.7. The van der Waals surface area contributed by atoms with E-state index in [0.29, 0.717) is 18.8 Å². The van der Waals surface area contributed by atoms with Gasteiger partial charge < -0.3 is 19.5 Å². The minimum absolute atomic E-state index is 0.416. The summed E-state index contributed by atoms with van der Waals surface area (Å²) in [6.45, 7) is 0.981. The summed E-state index contributed by atoms with van der Waals surface area (Å²) in [4.78, 5) is 13.2. The predicted octanol–water partition coefficient (Wildman–Crippen LogP) is 4.43. The van der Waals surface area contributed by atoms with Crippen LogP contribution in [-0.2, 0) is 6.54 Å². The van der Waals surface area contributed by atoms with Crippen molar-refractivity contribution in [3.63, 3.8) is 0 Å². The maximum atomic E-state index is 11.0. The molecule has 0 radical (unpaired) electrons.